The first kappa shape index (κ1) is 13.1. The van der Waals surface area contributed by atoms with Gasteiger partial charge in [0.25, 0.3) is 0 Å². The molecule has 1 aromatic heterocycles. The number of rotatable bonds is 4. The first-order valence-electron chi connectivity index (χ1n) is 6.03. The molecule has 0 spiro atoms. The second kappa shape index (κ2) is 5.99. The number of piperazine rings is 1. The zero-order valence-electron chi connectivity index (χ0n) is 10.8. The lowest BCUT2D eigenvalue weighted by atomic mass is 10.4. The maximum Gasteiger partial charge on any atom is 0.373 e. The molecule has 1 aromatic rings. The topological polar surface area (TPSA) is 58.0 Å². The molecule has 0 bridgehead atoms. The molecule has 6 heteroatoms. The van der Waals surface area contributed by atoms with Gasteiger partial charge in [-0.1, -0.05) is 0 Å². The first-order chi connectivity index (χ1) is 8.69. The summed E-state index contributed by atoms with van der Waals surface area (Å²) >= 11 is 0. The van der Waals surface area contributed by atoms with Gasteiger partial charge in [0, 0.05) is 26.2 Å². The molecule has 0 amide bonds. The second-order valence-electron chi connectivity index (χ2n) is 4.38. The molecule has 1 fully saturated rings. The largest absolute Gasteiger partial charge is 0.463 e. The number of furan rings is 1. The smallest absolute Gasteiger partial charge is 0.373 e. The minimum atomic E-state index is -0.444. The van der Waals surface area contributed by atoms with Crippen LogP contribution in [0, 0.1) is 0 Å². The van der Waals surface area contributed by atoms with E-state index in [0.717, 1.165) is 31.9 Å². The van der Waals surface area contributed by atoms with Gasteiger partial charge in [0.05, 0.1) is 13.7 Å². The summed E-state index contributed by atoms with van der Waals surface area (Å²) in [5, 5.41) is 2.17. The summed E-state index contributed by atoms with van der Waals surface area (Å²) in [6.07, 6.45) is 0. The summed E-state index contributed by atoms with van der Waals surface area (Å²) in [5.74, 6) is 0.530. The van der Waals surface area contributed by atoms with Crippen LogP contribution in [0.15, 0.2) is 16.5 Å². The number of nitrogens with one attached hydrogen (secondary N) is 1. The van der Waals surface area contributed by atoms with Gasteiger partial charge in [0.1, 0.15) is 5.76 Å². The van der Waals surface area contributed by atoms with Crippen molar-refractivity contribution in [1.29, 1.82) is 0 Å². The quantitative estimate of drug-likeness (QED) is 0.780. The summed E-state index contributed by atoms with van der Waals surface area (Å²) in [6, 6.07) is 3.42. The number of esters is 1. The van der Waals surface area contributed by atoms with Crippen molar-refractivity contribution in [2.45, 2.75) is 6.54 Å². The highest BCUT2D eigenvalue weighted by molar-refractivity contribution is 5.86. The van der Waals surface area contributed by atoms with E-state index in [4.69, 9.17) is 4.42 Å². The van der Waals surface area contributed by atoms with Gasteiger partial charge in [-0.3, -0.25) is 0 Å². The molecule has 100 valence electrons. The average molecular weight is 253 g/mol. The molecule has 18 heavy (non-hydrogen) atoms. The molecule has 0 saturated carbocycles. The van der Waals surface area contributed by atoms with Crippen LogP contribution in [0.25, 0.3) is 0 Å². The van der Waals surface area contributed by atoms with Crippen molar-refractivity contribution in [3.05, 3.63) is 23.7 Å². The van der Waals surface area contributed by atoms with E-state index in [1.807, 2.05) is 0 Å². The molecule has 1 N–H and O–H groups in total. The van der Waals surface area contributed by atoms with E-state index >= 15 is 0 Å². The Balaban J connectivity index is 1.79. The predicted octanol–water partition coefficient (Wildman–Crippen LogP) is 0.318. The van der Waals surface area contributed by atoms with Crippen LogP contribution in [-0.4, -0.2) is 56.2 Å². The summed E-state index contributed by atoms with van der Waals surface area (Å²) < 4.78 is 9.96. The number of hydrazine groups is 1. The maximum absolute atomic E-state index is 11.2. The van der Waals surface area contributed by atoms with Crippen LogP contribution in [0.3, 0.4) is 0 Å². The molecule has 0 aliphatic carbocycles. The molecule has 0 atom stereocenters. The lowest BCUT2D eigenvalue weighted by Gasteiger charge is -2.32. The number of carbonyl (C=O) groups is 1. The third-order valence-electron chi connectivity index (χ3n) is 3.03. The Kier molecular flexibility index (Phi) is 4.35. The van der Waals surface area contributed by atoms with Gasteiger partial charge in [0.15, 0.2) is 0 Å². The highest BCUT2D eigenvalue weighted by Crippen LogP contribution is 2.09. The molecule has 1 saturated heterocycles. The fraction of sp³-hybridized carbons (Fsp3) is 0.583. The zero-order valence-corrected chi connectivity index (χ0v) is 10.8. The summed E-state index contributed by atoms with van der Waals surface area (Å²) in [4.78, 5) is 13.5. The lowest BCUT2D eigenvalue weighted by Crippen LogP contribution is -2.50. The number of carbonyl (C=O) groups excluding carboxylic acids is 1. The van der Waals surface area contributed by atoms with Crippen molar-refractivity contribution >= 4 is 5.97 Å². The van der Waals surface area contributed by atoms with Crippen molar-refractivity contribution in [3.8, 4) is 0 Å². The molecule has 1 aliphatic heterocycles. The highest BCUT2D eigenvalue weighted by Gasteiger charge is 2.15. The second-order valence-corrected chi connectivity index (χ2v) is 4.38. The van der Waals surface area contributed by atoms with E-state index in [2.05, 4.69) is 27.1 Å². The van der Waals surface area contributed by atoms with Crippen LogP contribution in [0.1, 0.15) is 16.3 Å². The van der Waals surface area contributed by atoms with E-state index < -0.39 is 5.97 Å². The Morgan fingerprint density at radius 3 is 2.78 bits per heavy atom. The molecule has 0 unspecified atom stereocenters. The van der Waals surface area contributed by atoms with Gasteiger partial charge in [-0.15, -0.1) is 0 Å². The Morgan fingerprint density at radius 2 is 2.11 bits per heavy atom. The number of methoxy groups -OCH3 is 1. The first-order valence-corrected chi connectivity index (χ1v) is 6.03. The summed E-state index contributed by atoms with van der Waals surface area (Å²) in [5.41, 5.74) is 3.29. The maximum atomic E-state index is 11.2. The zero-order chi connectivity index (χ0) is 13.0. The molecule has 2 rings (SSSR count). The number of ether oxygens (including phenoxy) is 1. The van der Waals surface area contributed by atoms with Crippen molar-refractivity contribution in [2.24, 2.45) is 0 Å². The number of nitrogens with zero attached hydrogens (tertiary/aromatic N) is 2. The van der Waals surface area contributed by atoms with Crippen LogP contribution < -0.4 is 5.43 Å². The molecule has 1 aliphatic rings. The van der Waals surface area contributed by atoms with Crippen LogP contribution in [-0.2, 0) is 11.3 Å². The number of hydrogen-bond acceptors (Lipinski definition) is 6. The van der Waals surface area contributed by atoms with Gasteiger partial charge in [-0.2, -0.15) is 0 Å². The van der Waals surface area contributed by atoms with Gasteiger partial charge in [-0.25, -0.2) is 15.2 Å². The summed E-state index contributed by atoms with van der Waals surface area (Å²) in [6.45, 7) is 4.67. The van der Waals surface area contributed by atoms with E-state index in [1.54, 1.807) is 12.1 Å². The third kappa shape index (κ3) is 3.32. The fourth-order valence-electron chi connectivity index (χ4n) is 1.84. The van der Waals surface area contributed by atoms with E-state index in [0.29, 0.717) is 6.54 Å². The van der Waals surface area contributed by atoms with Gasteiger partial charge in [0.2, 0.25) is 5.76 Å². The fourth-order valence-corrected chi connectivity index (χ4v) is 1.84. The van der Waals surface area contributed by atoms with Crippen LogP contribution in [0.5, 0.6) is 0 Å². The average Bonchev–Trinajstić information content (AvgIpc) is 2.86. The molecule has 2 heterocycles. The Labute approximate surface area is 106 Å². The summed E-state index contributed by atoms with van der Waals surface area (Å²) in [7, 11) is 3.46. The van der Waals surface area contributed by atoms with E-state index in [1.165, 1.54) is 7.11 Å². The third-order valence-corrected chi connectivity index (χ3v) is 3.03. The molecule has 6 nitrogen and oxygen atoms in total. The van der Waals surface area contributed by atoms with E-state index in [-0.39, 0.29) is 5.76 Å². The van der Waals surface area contributed by atoms with Crippen LogP contribution in [0.2, 0.25) is 0 Å². The molecule has 0 radical (unpaired) electrons. The van der Waals surface area contributed by atoms with Gasteiger partial charge >= 0.3 is 5.97 Å². The van der Waals surface area contributed by atoms with E-state index in [9.17, 15) is 4.79 Å². The van der Waals surface area contributed by atoms with Crippen molar-refractivity contribution in [1.82, 2.24) is 15.3 Å². The molecular formula is C12H19N3O3. The number of hydrogen-bond donors (Lipinski definition) is 1. The highest BCUT2D eigenvalue weighted by atomic mass is 16.5. The SMILES string of the molecule is COC(=O)c1ccc(CNN2CCN(C)CC2)o1. The predicted molar refractivity (Wildman–Crippen MR) is 66.0 cm³/mol. The Bertz CT molecular complexity index is 397. The monoisotopic (exact) mass is 253 g/mol. The van der Waals surface area contributed by atoms with Gasteiger partial charge in [-0.05, 0) is 19.2 Å². The normalized spacial score (nSPS) is 17.9. The Hall–Kier alpha value is -1.37. The Morgan fingerprint density at radius 1 is 1.39 bits per heavy atom. The van der Waals surface area contributed by atoms with Crippen molar-refractivity contribution in [2.75, 3.05) is 40.3 Å². The van der Waals surface area contributed by atoms with Crippen LogP contribution in [0.4, 0.5) is 0 Å². The lowest BCUT2D eigenvalue weighted by molar-refractivity contribution is 0.0560. The minimum Gasteiger partial charge on any atom is -0.463 e. The minimum absolute atomic E-state index is 0.243. The molecular weight excluding hydrogens is 234 g/mol. The van der Waals surface area contributed by atoms with Crippen molar-refractivity contribution < 1.29 is 13.9 Å². The van der Waals surface area contributed by atoms with Gasteiger partial charge < -0.3 is 14.1 Å². The van der Waals surface area contributed by atoms with Crippen molar-refractivity contribution in [3.63, 3.8) is 0 Å². The molecule has 0 aromatic carbocycles. The standard InChI is InChI=1S/C12H19N3O3/c1-14-5-7-15(8-6-14)13-9-10-3-4-11(18-10)12(16)17-2/h3-4,13H,5-9H2,1-2H3. The van der Waals surface area contributed by atoms with Crippen LogP contribution >= 0.6 is 0 Å². The number of likely N-dealkylation sites (N-methyl/N-ethyl adjacent to an activating group) is 1.